The maximum atomic E-state index is 12.3. The molecule has 26 heavy (non-hydrogen) atoms. The topological polar surface area (TPSA) is 54.9 Å². The zero-order valence-corrected chi connectivity index (χ0v) is 14.5. The molecule has 0 bridgehead atoms. The van der Waals surface area contributed by atoms with Gasteiger partial charge in [-0.2, -0.15) is 0 Å². The predicted molar refractivity (Wildman–Crippen MR) is 101 cm³/mol. The van der Waals surface area contributed by atoms with Crippen LogP contribution in [-0.2, 0) is 11.2 Å². The van der Waals surface area contributed by atoms with Crippen LogP contribution >= 0.6 is 0 Å². The largest absolute Gasteiger partial charge is 0.355 e. The third-order valence-electron chi connectivity index (χ3n) is 4.78. The lowest BCUT2D eigenvalue weighted by atomic mass is 10.1. The zero-order valence-electron chi connectivity index (χ0n) is 14.5. The van der Waals surface area contributed by atoms with E-state index >= 15 is 0 Å². The first kappa shape index (κ1) is 16.5. The van der Waals surface area contributed by atoms with Crippen LogP contribution in [0.5, 0.6) is 0 Å². The van der Waals surface area contributed by atoms with Crippen molar-refractivity contribution >= 4 is 5.91 Å². The Balaban J connectivity index is 1.30. The first-order chi connectivity index (χ1) is 12.8. The Morgan fingerprint density at radius 3 is 2.50 bits per heavy atom. The fraction of sp³-hybridized carbons (Fsp3) is 0.227. The molecule has 1 amide bonds. The lowest BCUT2D eigenvalue weighted by molar-refractivity contribution is -0.122. The molecule has 2 atom stereocenters. The van der Waals surface area contributed by atoms with Crippen LogP contribution in [-0.4, -0.2) is 22.4 Å². The first-order valence-corrected chi connectivity index (χ1v) is 9.01. The Hall–Kier alpha value is -3.01. The number of hydrogen-bond acceptors (Lipinski definition) is 3. The van der Waals surface area contributed by atoms with Gasteiger partial charge in [-0.15, -0.1) is 0 Å². The minimum Gasteiger partial charge on any atom is -0.355 e. The molecule has 4 rings (SSSR count). The van der Waals surface area contributed by atoms with Gasteiger partial charge in [-0.25, -0.2) is 9.97 Å². The summed E-state index contributed by atoms with van der Waals surface area (Å²) in [6.45, 7) is 0.565. The van der Waals surface area contributed by atoms with Crippen LogP contribution in [0.1, 0.15) is 23.7 Å². The van der Waals surface area contributed by atoms with Gasteiger partial charge in [0.2, 0.25) is 5.91 Å². The molecule has 0 unspecified atom stereocenters. The third-order valence-corrected chi connectivity index (χ3v) is 4.78. The molecule has 1 aliphatic carbocycles. The van der Waals surface area contributed by atoms with Gasteiger partial charge in [0.25, 0.3) is 0 Å². The van der Waals surface area contributed by atoms with E-state index in [0.29, 0.717) is 18.9 Å². The van der Waals surface area contributed by atoms with E-state index in [1.165, 1.54) is 5.56 Å². The molecule has 0 aliphatic heterocycles. The van der Waals surface area contributed by atoms with Crippen molar-refractivity contribution in [3.05, 3.63) is 84.3 Å². The molecule has 1 heterocycles. The van der Waals surface area contributed by atoms with E-state index in [4.69, 9.17) is 0 Å². The molecule has 1 aliphatic rings. The number of nitrogens with one attached hydrogen (secondary N) is 1. The van der Waals surface area contributed by atoms with Gasteiger partial charge in [-0.05, 0) is 24.0 Å². The molecule has 1 saturated carbocycles. The van der Waals surface area contributed by atoms with Crippen molar-refractivity contribution < 1.29 is 4.79 Å². The van der Waals surface area contributed by atoms with Crippen molar-refractivity contribution in [2.75, 3.05) is 6.54 Å². The molecule has 4 nitrogen and oxygen atoms in total. The normalized spacial score (nSPS) is 18.3. The summed E-state index contributed by atoms with van der Waals surface area (Å²) in [7, 11) is 0. The monoisotopic (exact) mass is 343 g/mol. The summed E-state index contributed by atoms with van der Waals surface area (Å²) in [4.78, 5) is 21.2. The molecule has 1 N–H and O–H groups in total. The van der Waals surface area contributed by atoms with Gasteiger partial charge in [0.15, 0.2) is 0 Å². The number of aromatic nitrogens is 2. The van der Waals surface area contributed by atoms with Crippen LogP contribution in [0, 0.1) is 5.92 Å². The second-order valence-corrected chi connectivity index (χ2v) is 6.62. The van der Waals surface area contributed by atoms with Gasteiger partial charge in [-0.3, -0.25) is 4.79 Å². The Morgan fingerprint density at radius 2 is 1.73 bits per heavy atom. The summed E-state index contributed by atoms with van der Waals surface area (Å²) >= 11 is 0. The first-order valence-electron chi connectivity index (χ1n) is 9.01. The molecule has 130 valence electrons. The quantitative estimate of drug-likeness (QED) is 0.744. The highest BCUT2D eigenvalue weighted by atomic mass is 16.2. The average Bonchev–Trinajstić information content (AvgIpc) is 3.51. The van der Waals surface area contributed by atoms with Crippen LogP contribution in [0.15, 0.2) is 72.9 Å². The average molecular weight is 343 g/mol. The number of rotatable bonds is 6. The summed E-state index contributed by atoms with van der Waals surface area (Å²) in [5, 5.41) is 3.03. The Kier molecular flexibility index (Phi) is 4.73. The highest BCUT2D eigenvalue weighted by molar-refractivity contribution is 5.82. The third kappa shape index (κ3) is 3.80. The summed E-state index contributed by atoms with van der Waals surface area (Å²) < 4.78 is 0. The maximum Gasteiger partial charge on any atom is 0.223 e. The molecule has 0 saturated heterocycles. The van der Waals surface area contributed by atoms with Gasteiger partial charge < -0.3 is 5.32 Å². The zero-order chi connectivity index (χ0) is 17.8. The number of nitrogens with zero attached hydrogens (tertiary/aromatic N) is 2. The molecular formula is C22H21N3O. The Labute approximate surface area is 153 Å². The van der Waals surface area contributed by atoms with E-state index in [0.717, 1.165) is 23.5 Å². The lowest BCUT2D eigenvalue weighted by Gasteiger charge is -2.06. The highest BCUT2D eigenvalue weighted by Gasteiger charge is 2.43. The van der Waals surface area contributed by atoms with E-state index in [2.05, 4.69) is 27.4 Å². The molecule has 2 aromatic carbocycles. The van der Waals surface area contributed by atoms with Gasteiger partial charge in [0, 0.05) is 30.6 Å². The molecule has 1 aromatic heterocycles. The van der Waals surface area contributed by atoms with Crippen LogP contribution in [0.3, 0.4) is 0 Å². The van der Waals surface area contributed by atoms with E-state index in [-0.39, 0.29) is 11.8 Å². The summed E-state index contributed by atoms with van der Waals surface area (Å²) in [6, 6.07) is 22.2. The van der Waals surface area contributed by atoms with Gasteiger partial charge in [-0.1, -0.05) is 60.7 Å². The SMILES string of the molecule is O=C(NCCc1nccc(-c2ccccc2)n1)[C@@H]1C[C@H]1c1ccccc1. The maximum absolute atomic E-state index is 12.3. The number of carbonyl (C=O) groups excluding carboxylic acids is 1. The fourth-order valence-electron chi connectivity index (χ4n) is 3.27. The summed E-state index contributed by atoms with van der Waals surface area (Å²) in [6.07, 6.45) is 3.35. The minimum absolute atomic E-state index is 0.106. The number of hydrogen-bond donors (Lipinski definition) is 1. The van der Waals surface area contributed by atoms with Crippen LogP contribution < -0.4 is 5.32 Å². The minimum atomic E-state index is 0.106. The standard InChI is InChI=1S/C22H21N3O/c26-22(19-15-18(19)16-7-3-1-4-8-16)24-14-12-21-23-13-11-20(25-21)17-9-5-2-6-10-17/h1-11,13,18-19H,12,14-15H2,(H,24,26)/t18-,19+/m0/s1. The van der Waals surface area contributed by atoms with E-state index in [1.807, 2.05) is 54.6 Å². The van der Waals surface area contributed by atoms with E-state index in [1.54, 1.807) is 6.20 Å². The van der Waals surface area contributed by atoms with Crippen molar-refractivity contribution in [1.82, 2.24) is 15.3 Å². The predicted octanol–water partition coefficient (Wildman–Crippen LogP) is 3.61. The number of amides is 1. The van der Waals surface area contributed by atoms with Crippen molar-refractivity contribution in [2.24, 2.45) is 5.92 Å². The van der Waals surface area contributed by atoms with Crippen molar-refractivity contribution in [2.45, 2.75) is 18.8 Å². The fourth-order valence-corrected chi connectivity index (χ4v) is 3.27. The van der Waals surface area contributed by atoms with E-state index < -0.39 is 0 Å². The second-order valence-electron chi connectivity index (χ2n) is 6.62. The number of carbonyl (C=O) groups is 1. The molecule has 4 heteroatoms. The van der Waals surface area contributed by atoms with E-state index in [9.17, 15) is 4.79 Å². The molecular weight excluding hydrogens is 322 g/mol. The van der Waals surface area contributed by atoms with Crippen LogP contribution in [0.2, 0.25) is 0 Å². The molecule has 1 fully saturated rings. The van der Waals surface area contributed by atoms with Gasteiger partial charge >= 0.3 is 0 Å². The lowest BCUT2D eigenvalue weighted by Crippen LogP contribution is -2.28. The van der Waals surface area contributed by atoms with Crippen molar-refractivity contribution in [3.63, 3.8) is 0 Å². The van der Waals surface area contributed by atoms with Gasteiger partial charge in [0.1, 0.15) is 5.82 Å². The molecule has 0 spiro atoms. The number of benzene rings is 2. The van der Waals surface area contributed by atoms with Crippen LogP contribution in [0.4, 0.5) is 0 Å². The molecule has 0 radical (unpaired) electrons. The Bertz CT molecular complexity index is 880. The summed E-state index contributed by atoms with van der Waals surface area (Å²) in [5.74, 6) is 1.36. The molecule has 3 aromatic rings. The van der Waals surface area contributed by atoms with Crippen LogP contribution in [0.25, 0.3) is 11.3 Å². The van der Waals surface area contributed by atoms with Gasteiger partial charge in [0.05, 0.1) is 5.69 Å². The van der Waals surface area contributed by atoms with Crippen molar-refractivity contribution in [3.8, 4) is 11.3 Å². The second kappa shape index (κ2) is 7.48. The highest BCUT2D eigenvalue weighted by Crippen LogP contribution is 2.47. The summed E-state index contributed by atoms with van der Waals surface area (Å²) in [5.41, 5.74) is 3.24. The smallest absolute Gasteiger partial charge is 0.223 e. The van der Waals surface area contributed by atoms with Crippen molar-refractivity contribution in [1.29, 1.82) is 0 Å². The Morgan fingerprint density at radius 1 is 1.00 bits per heavy atom.